The van der Waals surface area contributed by atoms with Crippen molar-refractivity contribution in [2.75, 3.05) is 45.8 Å². The predicted octanol–water partition coefficient (Wildman–Crippen LogP) is 1.96. The Hall–Kier alpha value is -0.610. The van der Waals surface area contributed by atoms with Gasteiger partial charge in [-0.1, -0.05) is 13.8 Å². The van der Waals surface area contributed by atoms with Gasteiger partial charge in [0.25, 0.3) is 0 Å². The third-order valence-electron chi connectivity index (χ3n) is 4.39. The summed E-state index contributed by atoms with van der Waals surface area (Å²) in [5.41, 5.74) is 0. The number of piperidine rings is 1. The van der Waals surface area contributed by atoms with Crippen molar-refractivity contribution in [2.24, 2.45) is 5.92 Å². The van der Waals surface area contributed by atoms with Gasteiger partial charge in [-0.15, -0.1) is 0 Å². The molecule has 0 aliphatic carbocycles. The van der Waals surface area contributed by atoms with Gasteiger partial charge in [-0.25, -0.2) is 0 Å². The van der Waals surface area contributed by atoms with Crippen LogP contribution in [0.5, 0.6) is 0 Å². The highest BCUT2D eigenvalue weighted by molar-refractivity contribution is 5.76. The Balaban J connectivity index is 2.27. The van der Waals surface area contributed by atoms with Crippen molar-refractivity contribution in [3.05, 3.63) is 0 Å². The predicted molar refractivity (Wildman–Crippen MR) is 84.9 cm³/mol. The van der Waals surface area contributed by atoms with Gasteiger partial charge >= 0.3 is 0 Å². The first-order valence-electron chi connectivity index (χ1n) is 8.42. The van der Waals surface area contributed by atoms with Gasteiger partial charge in [0.05, 0.1) is 0 Å². The highest BCUT2D eigenvalue weighted by Gasteiger charge is 2.20. The Morgan fingerprint density at radius 3 is 2.45 bits per heavy atom. The number of amides is 1. The molecular weight excluding hydrogens is 250 g/mol. The molecule has 20 heavy (non-hydrogen) atoms. The van der Waals surface area contributed by atoms with Crippen molar-refractivity contribution in [2.45, 2.75) is 46.5 Å². The maximum Gasteiger partial charge on any atom is 0.222 e. The van der Waals surface area contributed by atoms with Crippen LogP contribution in [0.4, 0.5) is 0 Å². The molecule has 1 N–H and O–H groups in total. The molecule has 0 spiro atoms. The summed E-state index contributed by atoms with van der Waals surface area (Å²) in [4.78, 5) is 16.8. The van der Waals surface area contributed by atoms with Gasteiger partial charge < -0.3 is 15.1 Å². The van der Waals surface area contributed by atoms with Gasteiger partial charge in [-0.2, -0.15) is 0 Å². The number of nitrogens with zero attached hydrogens (tertiary/aromatic N) is 2. The SMILES string of the molecule is CCN(CC)CCCN(CC)C(=O)CC1CCCNC1. The fraction of sp³-hybridized carbons (Fsp3) is 0.938. The van der Waals surface area contributed by atoms with Crippen molar-refractivity contribution < 1.29 is 4.79 Å². The Morgan fingerprint density at radius 2 is 1.90 bits per heavy atom. The first-order chi connectivity index (χ1) is 9.71. The van der Waals surface area contributed by atoms with E-state index in [1.807, 2.05) is 4.90 Å². The number of hydrogen-bond acceptors (Lipinski definition) is 3. The maximum atomic E-state index is 12.3. The third-order valence-corrected chi connectivity index (χ3v) is 4.39. The topological polar surface area (TPSA) is 35.6 Å². The zero-order valence-electron chi connectivity index (χ0n) is 13.7. The van der Waals surface area contributed by atoms with Gasteiger partial charge in [0.1, 0.15) is 0 Å². The van der Waals surface area contributed by atoms with Crippen LogP contribution in [0.25, 0.3) is 0 Å². The number of carbonyl (C=O) groups is 1. The molecule has 0 aromatic heterocycles. The van der Waals surface area contributed by atoms with Crippen LogP contribution in [-0.4, -0.2) is 61.5 Å². The van der Waals surface area contributed by atoms with Crippen LogP contribution in [0.1, 0.15) is 46.5 Å². The van der Waals surface area contributed by atoms with E-state index in [4.69, 9.17) is 0 Å². The Kier molecular flexibility index (Phi) is 8.86. The van der Waals surface area contributed by atoms with E-state index >= 15 is 0 Å². The summed E-state index contributed by atoms with van der Waals surface area (Å²) in [6.07, 6.45) is 4.23. The summed E-state index contributed by atoms with van der Waals surface area (Å²) in [6, 6.07) is 0. The van der Waals surface area contributed by atoms with Crippen LogP contribution in [0.2, 0.25) is 0 Å². The molecule has 1 fully saturated rings. The van der Waals surface area contributed by atoms with Crippen molar-refractivity contribution in [3.63, 3.8) is 0 Å². The van der Waals surface area contributed by atoms with Crippen LogP contribution < -0.4 is 5.32 Å². The second-order valence-electron chi connectivity index (χ2n) is 5.77. The summed E-state index contributed by atoms with van der Waals surface area (Å²) in [7, 11) is 0. The fourth-order valence-corrected chi connectivity index (χ4v) is 2.96. The van der Waals surface area contributed by atoms with E-state index in [0.717, 1.165) is 58.7 Å². The lowest BCUT2D eigenvalue weighted by molar-refractivity contribution is -0.132. The largest absolute Gasteiger partial charge is 0.343 e. The number of hydrogen-bond donors (Lipinski definition) is 1. The minimum atomic E-state index is 0.348. The van der Waals surface area contributed by atoms with Crippen molar-refractivity contribution in [3.8, 4) is 0 Å². The molecule has 1 heterocycles. The lowest BCUT2D eigenvalue weighted by atomic mass is 9.95. The van der Waals surface area contributed by atoms with E-state index in [2.05, 4.69) is 31.0 Å². The molecule has 1 atom stereocenters. The second kappa shape index (κ2) is 10.2. The Bertz CT molecular complexity index is 260. The lowest BCUT2D eigenvalue weighted by Gasteiger charge is -2.27. The van der Waals surface area contributed by atoms with E-state index < -0.39 is 0 Å². The Morgan fingerprint density at radius 1 is 1.15 bits per heavy atom. The molecule has 1 amide bonds. The van der Waals surface area contributed by atoms with Crippen LogP contribution >= 0.6 is 0 Å². The van der Waals surface area contributed by atoms with Gasteiger partial charge in [-0.3, -0.25) is 4.79 Å². The molecule has 4 heteroatoms. The molecule has 0 aromatic rings. The number of nitrogens with one attached hydrogen (secondary N) is 1. The van der Waals surface area contributed by atoms with Crippen LogP contribution in [0.15, 0.2) is 0 Å². The molecule has 0 radical (unpaired) electrons. The number of rotatable bonds is 9. The molecule has 1 aliphatic heterocycles. The van der Waals surface area contributed by atoms with E-state index in [1.165, 1.54) is 12.8 Å². The van der Waals surface area contributed by atoms with E-state index in [-0.39, 0.29) is 0 Å². The summed E-state index contributed by atoms with van der Waals surface area (Å²) in [5, 5.41) is 3.39. The highest BCUT2D eigenvalue weighted by Crippen LogP contribution is 2.15. The molecule has 1 saturated heterocycles. The summed E-state index contributed by atoms with van der Waals surface area (Å²) in [6.45, 7) is 13.7. The minimum absolute atomic E-state index is 0.348. The summed E-state index contributed by atoms with van der Waals surface area (Å²) in [5.74, 6) is 0.897. The molecule has 0 bridgehead atoms. The first-order valence-corrected chi connectivity index (χ1v) is 8.42. The average Bonchev–Trinajstić information content (AvgIpc) is 2.48. The normalized spacial score (nSPS) is 19.3. The molecule has 1 unspecified atom stereocenters. The zero-order valence-corrected chi connectivity index (χ0v) is 13.7. The van der Waals surface area contributed by atoms with Crippen molar-refractivity contribution in [1.29, 1.82) is 0 Å². The second-order valence-corrected chi connectivity index (χ2v) is 5.77. The van der Waals surface area contributed by atoms with Crippen LogP contribution in [0, 0.1) is 5.92 Å². The van der Waals surface area contributed by atoms with E-state index in [1.54, 1.807) is 0 Å². The van der Waals surface area contributed by atoms with Crippen molar-refractivity contribution in [1.82, 2.24) is 15.1 Å². The molecule has 0 saturated carbocycles. The molecule has 1 aliphatic rings. The van der Waals surface area contributed by atoms with Gasteiger partial charge in [0.2, 0.25) is 5.91 Å². The molecule has 118 valence electrons. The zero-order chi connectivity index (χ0) is 14.8. The molecule has 4 nitrogen and oxygen atoms in total. The summed E-state index contributed by atoms with van der Waals surface area (Å²) >= 11 is 0. The fourth-order valence-electron chi connectivity index (χ4n) is 2.96. The lowest BCUT2D eigenvalue weighted by Crippen LogP contribution is -2.38. The average molecular weight is 283 g/mol. The smallest absolute Gasteiger partial charge is 0.222 e. The van der Waals surface area contributed by atoms with E-state index in [0.29, 0.717) is 11.8 Å². The minimum Gasteiger partial charge on any atom is -0.343 e. The quantitative estimate of drug-likeness (QED) is 0.702. The molecule has 0 aromatic carbocycles. The van der Waals surface area contributed by atoms with Crippen LogP contribution in [0.3, 0.4) is 0 Å². The maximum absolute atomic E-state index is 12.3. The highest BCUT2D eigenvalue weighted by atomic mass is 16.2. The standard InChI is InChI=1S/C16H33N3O/c1-4-18(5-2)11-8-12-19(6-3)16(20)13-15-9-7-10-17-14-15/h15,17H,4-14H2,1-3H3. The van der Waals surface area contributed by atoms with Gasteiger partial charge in [-0.05, 0) is 64.8 Å². The third kappa shape index (κ3) is 6.23. The Labute approximate surface area is 124 Å². The van der Waals surface area contributed by atoms with Gasteiger partial charge in [0, 0.05) is 19.5 Å². The van der Waals surface area contributed by atoms with Gasteiger partial charge in [0.15, 0.2) is 0 Å². The summed E-state index contributed by atoms with van der Waals surface area (Å²) < 4.78 is 0. The number of carbonyl (C=O) groups excluding carboxylic acids is 1. The van der Waals surface area contributed by atoms with Crippen molar-refractivity contribution >= 4 is 5.91 Å². The monoisotopic (exact) mass is 283 g/mol. The first kappa shape index (κ1) is 17.4. The van der Waals surface area contributed by atoms with E-state index in [9.17, 15) is 4.79 Å². The molecule has 1 rings (SSSR count). The molecular formula is C16H33N3O. The van der Waals surface area contributed by atoms with Crippen LogP contribution in [-0.2, 0) is 4.79 Å².